The van der Waals surface area contributed by atoms with E-state index >= 15 is 0 Å². The number of aromatic nitrogens is 3. The summed E-state index contributed by atoms with van der Waals surface area (Å²) in [7, 11) is 0. The van der Waals surface area contributed by atoms with Crippen LogP contribution in [0.15, 0.2) is 53.1 Å². The molecule has 5 heteroatoms. The maximum Gasteiger partial charge on any atom is 0.155 e. The summed E-state index contributed by atoms with van der Waals surface area (Å²) in [5.74, 6) is 1.42. The predicted molar refractivity (Wildman–Crippen MR) is 111 cm³/mol. The van der Waals surface area contributed by atoms with Crippen LogP contribution in [0, 0.1) is 12.8 Å². The number of nitrogens with zero attached hydrogens (tertiary/aromatic N) is 3. The number of rotatable bonds is 3. The van der Waals surface area contributed by atoms with Gasteiger partial charge < -0.3 is 9.52 Å². The van der Waals surface area contributed by atoms with E-state index in [1.807, 2.05) is 53.9 Å². The van der Waals surface area contributed by atoms with Crippen molar-refractivity contribution in [1.82, 2.24) is 14.6 Å². The first-order chi connectivity index (χ1) is 13.7. The van der Waals surface area contributed by atoms with Gasteiger partial charge in [-0.1, -0.05) is 38.0 Å². The van der Waals surface area contributed by atoms with Gasteiger partial charge in [0, 0.05) is 5.39 Å². The van der Waals surface area contributed by atoms with Gasteiger partial charge in [-0.3, -0.25) is 0 Å². The van der Waals surface area contributed by atoms with Gasteiger partial charge in [-0.15, -0.1) is 0 Å². The molecule has 0 bridgehead atoms. The van der Waals surface area contributed by atoms with Crippen molar-refractivity contribution in [3.63, 3.8) is 0 Å². The Morgan fingerprint density at radius 1 is 1.18 bits per heavy atom. The van der Waals surface area contributed by atoms with Crippen LogP contribution in [0.4, 0.5) is 0 Å². The first kappa shape index (κ1) is 18.7. The summed E-state index contributed by atoms with van der Waals surface area (Å²) in [4.78, 5) is 4.35. The SMILES string of the molecule is CCCC1CCCC1O.Cc1ccc2ncc(-c3cc4ccccc4o3)n2n1. The maximum atomic E-state index is 9.32. The Hall–Kier alpha value is -2.66. The number of aliphatic hydroxyl groups is 1. The van der Waals surface area contributed by atoms with E-state index in [-0.39, 0.29) is 6.10 Å². The number of benzene rings is 1. The third-order valence-corrected chi connectivity index (χ3v) is 5.45. The molecule has 1 aliphatic carbocycles. The van der Waals surface area contributed by atoms with E-state index in [2.05, 4.69) is 17.0 Å². The molecule has 28 heavy (non-hydrogen) atoms. The van der Waals surface area contributed by atoms with Crippen LogP contribution >= 0.6 is 0 Å². The molecular weight excluding hydrogens is 350 g/mol. The summed E-state index contributed by atoms with van der Waals surface area (Å²) in [6, 6.07) is 13.9. The fourth-order valence-electron chi connectivity index (χ4n) is 3.97. The van der Waals surface area contributed by atoms with Crippen LogP contribution in [0.5, 0.6) is 0 Å². The maximum absolute atomic E-state index is 9.32. The highest BCUT2D eigenvalue weighted by molar-refractivity contribution is 5.82. The average molecular weight is 377 g/mol. The molecule has 1 saturated carbocycles. The summed E-state index contributed by atoms with van der Waals surface area (Å²) < 4.78 is 7.67. The second-order valence-electron chi connectivity index (χ2n) is 7.58. The number of hydrogen-bond donors (Lipinski definition) is 1. The molecule has 2 atom stereocenters. The van der Waals surface area contributed by atoms with E-state index in [4.69, 9.17) is 4.42 Å². The number of aliphatic hydroxyl groups excluding tert-OH is 1. The molecule has 0 spiro atoms. The van der Waals surface area contributed by atoms with Crippen LogP contribution < -0.4 is 0 Å². The lowest BCUT2D eigenvalue weighted by Crippen LogP contribution is -2.11. The molecule has 0 saturated heterocycles. The van der Waals surface area contributed by atoms with Crippen LogP contribution in [0.3, 0.4) is 0 Å². The fraction of sp³-hybridized carbons (Fsp3) is 0.391. The van der Waals surface area contributed by atoms with Crippen molar-refractivity contribution in [3.05, 3.63) is 54.4 Å². The van der Waals surface area contributed by atoms with Gasteiger partial charge >= 0.3 is 0 Å². The van der Waals surface area contributed by atoms with Crippen LogP contribution in [0.1, 0.15) is 44.7 Å². The minimum Gasteiger partial charge on any atom is -0.454 e. The summed E-state index contributed by atoms with van der Waals surface area (Å²) in [5, 5.41) is 14.9. The van der Waals surface area contributed by atoms with E-state index in [1.54, 1.807) is 6.20 Å². The smallest absolute Gasteiger partial charge is 0.155 e. The third-order valence-electron chi connectivity index (χ3n) is 5.45. The average Bonchev–Trinajstić information content (AvgIpc) is 3.40. The van der Waals surface area contributed by atoms with Gasteiger partial charge in [0.1, 0.15) is 11.3 Å². The van der Waals surface area contributed by atoms with Crippen molar-refractivity contribution >= 4 is 16.6 Å². The minimum atomic E-state index is 0.0324. The largest absolute Gasteiger partial charge is 0.454 e. The zero-order valence-electron chi connectivity index (χ0n) is 16.5. The molecule has 0 amide bonds. The van der Waals surface area contributed by atoms with Crippen molar-refractivity contribution in [1.29, 1.82) is 0 Å². The Balaban J connectivity index is 0.000000181. The van der Waals surface area contributed by atoms with Crippen molar-refractivity contribution in [2.45, 2.75) is 52.1 Å². The second-order valence-corrected chi connectivity index (χ2v) is 7.58. The molecule has 0 aliphatic heterocycles. The van der Waals surface area contributed by atoms with Crippen LogP contribution in [-0.4, -0.2) is 25.8 Å². The molecule has 0 radical (unpaired) electrons. The summed E-state index contributed by atoms with van der Waals surface area (Å²) >= 11 is 0. The second kappa shape index (κ2) is 8.15. The molecule has 5 rings (SSSR count). The Labute approximate surface area is 165 Å². The molecule has 1 aliphatic rings. The van der Waals surface area contributed by atoms with Crippen LogP contribution in [0.25, 0.3) is 28.1 Å². The third kappa shape index (κ3) is 3.80. The molecule has 3 aromatic heterocycles. The lowest BCUT2D eigenvalue weighted by Gasteiger charge is -2.11. The molecule has 5 nitrogen and oxygen atoms in total. The lowest BCUT2D eigenvalue weighted by atomic mass is 10.0. The Morgan fingerprint density at radius 2 is 2.04 bits per heavy atom. The lowest BCUT2D eigenvalue weighted by molar-refractivity contribution is 0.127. The van der Waals surface area contributed by atoms with Gasteiger partial charge in [-0.05, 0) is 56.4 Å². The minimum absolute atomic E-state index is 0.0324. The highest BCUT2D eigenvalue weighted by atomic mass is 16.3. The van der Waals surface area contributed by atoms with Gasteiger partial charge in [0.15, 0.2) is 11.4 Å². The zero-order chi connectivity index (χ0) is 19.5. The van der Waals surface area contributed by atoms with Gasteiger partial charge in [-0.25, -0.2) is 9.50 Å². The Bertz CT molecular complexity index is 1030. The quantitative estimate of drug-likeness (QED) is 0.519. The number of aryl methyl sites for hydroxylation is 1. The summed E-state index contributed by atoms with van der Waals surface area (Å²) in [6.45, 7) is 4.15. The van der Waals surface area contributed by atoms with Gasteiger partial charge in [0.2, 0.25) is 0 Å². The standard InChI is InChI=1S/C15H11N3O.C8H16O/c1-10-6-7-15-16-9-12(18(15)17-10)14-8-11-4-2-3-5-13(11)19-14;1-2-4-7-5-3-6-8(7)9/h2-9H,1H3;7-9H,2-6H2,1H3. The monoisotopic (exact) mass is 377 g/mol. The first-order valence-electron chi connectivity index (χ1n) is 10.1. The Morgan fingerprint density at radius 3 is 2.79 bits per heavy atom. The van der Waals surface area contributed by atoms with Crippen molar-refractivity contribution in [2.24, 2.45) is 5.92 Å². The zero-order valence-corrected chi connectivity index (χ0v) is 16.5. The van der Waals surface area contributed by atoms with E-state index in [9.17, 15) is 5.11 Å². The van der Waals surface area contributed by atoms with Crippen molar-refractivity contribution in [2.75, 3.05) is 0 Å². The summed E-state index contributed by atoms with van der Waals surface area (Å²) in [6.07, 6.45) is 7.82. The number of furan rings is 1. The molecular formula is C23H27N3O2. The van der Waals surface area contributed by atoms with Crippen molar-refractivity contribution < 1.29 is 9.52 Å². The normalized spacial score (nSPS) is 19.1. The van der Waals surface area contributed by atoms with Gasteiger partial charge in [0.05, 0.1) is 18.0 Å². The number of para-hydroxylation sites is 1. The number of hydrogen-bond acceptors (Lipinski definition) is 4. The van der Waals surface area contributed by atoms with Gasteiger partial charge in [0.25, 0.3) is 0 Å². The fourth-order valence-corrected chi connectivity index (χ4v) is 3.97. The molecule has 1 aromatic carbocycles. The van der Waals surface area contributed by atoms with E-state index in [0.717, 1.165) is 40.2 Å². The van der Waals surface area contributed by atoms with Crippen molar-refractivity contribution in [3.8, 4) is 11.5 Å². The number of fused-ring (bicyclic) bond motifs is 2. The predicted octanol–water partition coefficient (Wildman–Crippen LogP) is 5.40. The topological polar surface area (TPSA) is 63.6 Å². The van der Waals surface area contributed by atoms with Crippen LogP contribution in [0.2, 0.25) is 0 Å². The van der Waals surface area contributed by atoms with E-state index < -0.39 is 0 Å². The number of imidazole rings is 1. The van der Waals surface area contributed by atoms with Gasteiger partial charge in [-0.2, -0.15) is 5.10 Å². The first-order valence-corrected chi connectivity index (χ1v) is 10.1. The van der Waals surface area contributed by atoms with Crippen LogP contribution in [-0.2, 0) is 0 Å². The molecule has 146 valence electrons. The molecule has 2 unspecified atom stereocenters. The Kier molecular flexibility index (Phi) is 5.44. The molecule has 1 N–H and O–H groups in total. The molecule has 3 heterocycles. The highest BCUT2D eigenvalue weighted by Crippen LogP contribution is 2.29. The molecule has 4 aromatic rings. The highest BCUT2D eigenvalue weighted by Gasteiger charge is 2.23. The van der Waals surface area contributed by atoms with E-state index in [0.29, 0.717) is 5.92 Å². The van der Waals surface area contributed by atoms with E-state index in [1.165, 1.54) is 25.7 Å². The summed E-state index contributed by atoms with van der Waals surface area (Å²) in [5.41, 5.74) is 3.51. The molecule has 1 fully saturated rings.